The predicted octanol–water partition coefficient (Wildman–Crippen LogP) is 2.98. The molecule has 1 aromatic heterocycles. The number of hydrogen-bond donors (Lipinski definition) is 1. The van der Waals surface area contributed by atoms with E-state index in [-0.39, 0.29) is 0 Å². The first-order valence-corrected chi connectivity index (χ1v) is 6.44. The molecule has 1 aromatic carbocycles. The van der Waals surface area contributed by atoms with E-state index in [1.807, 2.05) is 36.4 Å². The van der Waals surface area contributed by atoms with E-state index in [2.05, 4.69) is 27.6 Å². The van der Waals surface area contributed by atoms with Gasteiger partial charge >= 0.3 is 0 Å². The number of benzene rings is 1. The van der Waals surface area contributed by atoms with Crippen molar-refractivity contribution >= 4 is 22.6 Å². The summed E-state index contributed by atoms with van der Waals surface area (Å²) >= 11 is 2.26. The van der Waals surface area contributed by atoms with Gasteiger partial charge in [-0.3, -0.25) is 0 Å². The average molecular weight is 340 g/mol. The van der Waals surface area contributed by atoms with Crippen molar-refractivity contribution in [1.29, 1.82) is 0 Å². The minimum Gasteiger partial charge on any atom is -0.439 e. The third-order valence-corrected chi connectivity index (χ3v) is 2.99. The second-order valence-electron chi connectivity index (χ2n) is 3.60. The van der Waals surface area contributed by atoms with Crippen LogP contribution in [0.25, 0.3) is 0 Å². The summed E-state index contributed by atoms with van der Waals surface area (Å²) in [6, 6.07) is 11.7. The third-order valence-electron chi connectivity index (χ3n) is 2.27. The molecule has 0 unspecified atom stereocenters. The second-order valence-corrected chi connectivity index (χ2v) is 4.84. The van der Waals surface area contributed by atoms with Crippen molar-refractivity contribution in [2.45, 2.75) is 6.42 Å². The summed E-state index contributed by atoms with van der Waals surface area (Å²) in [7, 11) is 0. The molecule has 0 radical (unpaired) electrons. The van der Waals surface area contributed by atoms with Gasteiger partial charge in [-0.25, -0.2) is 4.98 Å². The first kappa shape index (κ1) is 12.3. The maximum absolute atomic E-state index is 5.62. The molecule has 2 rings (SSSR count). The maximum atomic E-state index is 5.62. The Morgan fingerprint density at radius 2 is 1.88 bits per heavy atom. The molecule has 1 heterocycles. The van der Waals surface area contributed by atoms with Gasteiger partial charge in [-0.1, -0.05) is 6.07 Å². The topological polar surface area (TPSA) is 48.1 Å². The lowest BCUT2D eigenvalue weighted by atomic mass is 10.2. The Kier molecular flexibility index (Phi) is 4.33. The lowest BCUT2D eigenvalue weighted by Crippen LogP contribution is -2.02. The SMILES string of the molecule is NCCc1ccc(Oc2ccc(I)cc2)nc1. The summed E-state index contributed by atoms with van der Waals surface area (Å²) in [4.78, 5) is 4.24. The molecule has 0 atom stereocenters. The molecule has 0 aliphatic rings. The summed E-state index contributed by atoms with van der Waals surface area (Å²) in [6.07, 6.45) is 2.64. The Morgan fingerprint density at radius 1 is 1.12 bits per heavy atom. The number of nitrogens with zero attached hydrogens (tertiary/aromatic N) is 1. The Labute approximate surface area is 114 Å². The molecule has 4 heteroatoms. The van der Waals surface area contributed by atoms with Gasteiger partial charge in [0.1, 0.15) is 5.75 Å². The van der Waals surface area contributed by atoms with Gasteiger partial charge in [-0.05, 0) is 65.4 Å². The Balaban J connectivity index is 2.05. The quantitative estimate of drug-likeness (QED) is 0.871. The highest BCUT2D eigenvalue weighted by molar-refractivity contribution is 14.1. The van der Waals surface area contributed by atoms with Gasteiger partial charge < -0.3 is 10.5 Å². The van der Waals surface area contributed by atoms with Crippen LogP contribution in [0.3, 0.4) is 0 Å². The lowest BCUT2D eigenvalue weighted by molar-refractivity contribution is 0.462. The monoisotopic (exact) mass is 340 g/mol. The molecule has 0 bridgehead atoms. The Bertz CT molecular complexity index is 468. The van der Waals surface area contributed by atoms with Crippen LogP contribution in [0, 0.1) is 3.57 Å². The molecule has 0 saturated carbocycles. The smallest absolute Gasteiger partial charge is 0.219 e. The van der Waals surface area contributed by atoms with Crippen LogP contribution in [0.5, 0.6) is 11.6 Å². The molecular weight excluding hydrogens is 327 g/mol. The highest BCUT2D eigenvalue weighted by Gasteiger charge is 1.99. The van der Waals surface area contributed by atoms with Crippen LogP contribution in [0.4, 0.5) is 0 Å². The van der Waals surface area contributed by atoms with Crippen LogP contribution >= 0.6 is 22.6 Å². The number of halogens is 1. The van der Waals surface area contributed by atoms with Crippen molar-refractivity contribution in [3.63, 3.8) is 0 Å². The van der Waals surface area contributed by atoms with Gasteiger partial charge in [-0.15, -0.1) is 0 Å². The highest BCUT2D eigenvalue weighted by Crippen LogP contribution is 2.20. The standard InChI is InChI=1S/C13H13IN2O/c14-11-2-4-12(5-3-11)17-13-6-1-10(7-8-15)9-16-13/h1-6,9H,7-8,15H2. The Hall–Kier alpha value is -1.14. The second kappa shape index (κ2) is 5.97. The summed E-state index contributed by atoms with van der Waals surface area (Å²) in [5.41, 5.74) is 6.60. The van der Waals surface area contributed by atoms with Crippen LogP contribution in [-0.2, 0) is 6.42 Å². The number of rotatable bonds is 4. The zero-order chi connectivity index (χ0) is 12.1. The fourth-order valence-corrected chi connectivity index (χ4v) is 1.77. The van der Waals surface area contributed by atoms with Gasteiger partial charge in [0.05, 0.1) is 0 Å². The summed E-state index contributed by atoms with van der Waals surface area (Å²) in [6.45, 7) is 0.638. The van der Waals surface area contributed by atoms with E-state index in [4.69, 9.17) is 10.5 Å². The van der Waals surface area contributed by atoms with Gasteiger partial charge in [0.15, 0.2) is 0 Å². The van der Waals surface area contributed by atoms with Crippen molar-refractivity contribution in [2.24, 2.45) is 5.73 Å². The van der Waals surface area contributed by atoms with Crippen LogP contribution in [0.1, 0.15) is 5.56 Å². The molecule has 3 nitrogen and oxygen atoms in total. The number of pyridine rings is 1. The minimum absolute atomic E-state index is 0.604. The van der Waals surface area contributed by atoms with Crippen LogP contribution in [0.15, 0.2) is 42.6 Å². The number of hydrogen-bond acceptors (Lipinski definition) is 3. The van der Waals surface area contributed by atoms with E-state index >= 15 is 0 Å². The molecule has 0 aliphatic carbocycles. The van der Waals surface area contributed by atoms with E-state index < -0.39 is 0 Å². The van der Waals surface area contributed by atoms with E-state index in [1.165, 1.54) is 3.57 Å². The van der Waals surface area contributed by atoms with Crippen LogP contribution < -0.4 is 10.5 Å². The van der Waals surface area contributed by atoms with Gasteiger partial charge in [0.2, 0.25) is 5.88 Å². The summed E-state index contributed by atoms with van der Waals surface area (Å²) < 4.78 is 6.80. The minimum atomic E-state index is 0.604. The average Bonchev–Trinajstić information content (AvgIpc) is 2.35. The van der Waals surface area contributed by atoms with Crippen molar-refractivity contribution in [3.05, 3.63) is 51.7 Å². The van der Waals surface area contributed by atoms with E-state index in [1.54, 1.807) is 6.20 Å². The molecule has 2 aromatic rings. The van der Waals surface area contributed by atoms with E-state index in [0.717, 1.165) is 17.7 Å². The third kappa shape index (κ3) is 3.67. The van der Waals surface area contributed by atoms with Crippen LogP contribution in [-0.4, -0.2) is 11.5 Å². The predicted molar refractivity (Wildman–Crippen MR) is 76.2 cm³/mol. The maximum Gasteiger partial charge on any atom is 0.219 e. The molecule has 0 saturated heterocycles. The normalized spacial score (nSPS) is 10.2. The zero-order valence-corrected chi connectivity index (χ0v) is 11.4. The fourth-order valence-electron chi connectivity index (χ4n) is 1.41. The molecule has 0 aliphatic heterocycles. The number of ether oxygens (including phenoxy) is 1. The molecular formula is C13H13IN2O. The zero-order valence-electron chi connectivity index (χ0n) is 9.27. The largest absolute Gasteiger partial charge is 0.439 e. The van der Waals surface area contributed by atoms with Crippen molar-refractivity contribution in [3.8, 4) is 11.6 Å². The molecule has 0 amide bonds. The first-order chi connectivity index (χ1) is 8.28. The molecule has 17 heavy (non-hydrogen) atoms. The lowest BCUT2D eigenvalue weighted by Gasteiger charge is -2.05. The van der Waals surface area contributed by atoms with Crippen molar-refractivity contribution < 1.29 is 4.74 Å². The van der Waals surface area contributed by atoms with Crippen molar-refractivity contribution in [1.82, 2.24) is 4.98 Å². The van der Waals surface area contributed by atoms with Crippen molar-refractivity contribution in [2.75, 3.05) is 6.54 Å². The number of aromatic nitrogens is 1. The number of nitrogens with two attached hydrogens (primary N) is 1. The van der Waals surface area contributed by atoms with E-state index in [9.17, 15) is 0 Å². The molecule has 2 N–H and O–H groups in total. The molecule has 0 fully saturated rings. The van der Waals surface area contributed by atoms with Gasteiger partial charge in [0, 0.05) is 15.8 Å². The first-order valence-electron chi connectivity index (χ1n) is 5.36. The highest BCUT2D eigenvalue weighted by atomic mass is 127. The Morgan fingerprint density at radius 3 is 2.47 bits per heavy atom. The van der Waals surface area contributed by atoms with Crippen LogP contribution in [0.2, 0.25) is 0 Å². The van der Waals surface area contributed by atoms with Gasteiger partial charge in [-0.2, -0.15) is 0 Å². The summed E-state index contributed by atoms with van der Waals surface area (Å²) in [5, 5.41) is 0. The van der Waals surface area contributed by atoms with E-state index in [0.29, 0.717) is 12.4 Å². The molecule has 0 spiro atoms. The molecule has 88 valence electrons. The summed E-state index contributed by atoms with van der Waals surface area (Å²) in [5.74, 6) is 1.40. The van der Waals surface area contributed by atoms with Gasteiger partial charge in [0.25, 0.3) is 0 Å². The fraction of sp³-hybridized carbons (Fsp3) is 0.154.